The van der Waals surface area contributed by atoms with Crippen LogP contribution in [0.1, 0.15) is 11.3 Å². The zero-order valence-electron chi connectivity index (χ0n) is 14.2. The summed E-state index contributed by atoms with van der Waals surface area (Å²) < 4.78 is 6.71. The van der Waals surface area contributed by atoms with Crippen molar-refractivity contribution >= 4 is 33.5 Å². The molecule has 2 fully saturated rings. The van der Waals surface area contributed by atoms with Gasteiger partial charge in [-0.05, 0) is 30.0 Å². The Balaban J connectivity index is 1.42. The molecule has 0 N–H and O–H groups in total. The van der Waals surface area contributed by atoms with Crippen LogP contribution in [0.5, 0.6) is 0 Å². The Labute approximate surface area is 154 Å². The van der Waals surface area contributed by atoms with E-state index in [0.717, 1.165) is 27.3 Å². The van der Waals surface area contributed by atoms with Gasteiger partial charge in [-0.15, -0.1) is 11.3 Å². The van der Waals surface area contributed by atoms with Crippen LogP contribution in [0, 0.1) is 6.92 Å². The lowest BCUT2D eigenvalue weighted by Gasteiger charge is -2.23. The molecule has 1 amide bonds. The minimum Gasteiger partial charge on any atom is -0.442 e. The quantitative estimate of drug-likeness (QED) is 0.709. The molecule has 2 aliphatic rings. The normalized spacial score (nSPS) is 22.1. The van der Waals surface area contributed by atoms with E-state index in [-0.39, 0.29) is 18.2 Å². The monoisotopic (exact) mass is 367 g/mol. The standard InChI is InChI=1S/C18H17N5O2S/c1-11-9-26-16-15(11)20-10-21-17(16)22-7-13-14(8-22)25-18(24)23(13)6-12-4-2-3-5-19-12/h2-5,9-10,13-14H,6-8H2,1H3/t13-,14+/m1/s1. The van der Waals surface area contributed by atoms with Gasteiger partial charge in [0, 0.05) is 12.7 Å². The van der Waals surface area contributed by atoms with Crippen LogP contribution in [0.25, 0.3) is 10.2 Å². The number of hydrogen-bond acceptors (Lipinski definition) is 7. The van der Waals surface area contributed by atoms with E-state index in [1.165, 1.54) is 0 Å². The second-order valence-electron chi connectivity index (χ2n) is 6.64. The lowest BCUT2D eigenvalue weighted by Crippen LogP contribution is -2.37. The second kappa shape index (κ2) is 5.91. The Bertz CT molecular complexity index is 976. The van der Waals surface area contributed by atoms with E-state index in [1.807, 2.05) is 18.2 Å². The van der Waals surface area contributed by atoms with Crippen LogP contribution >= 0.6 is 11.3 Å². The molecule has 0 bridgehead atoms. The van der Waals surface area contributed by atoms with E-state index in [1.54, 1.807) is 28.8 Å². The number of hydrogen-bond donors (Lipinski definition) is 0. The number of thiophene rings is 1. The summed E-state index contributed by atoms with van der Waals surface area (Å²) in [6.45, 7) is 3.88. The Morgan fingerprint density at radius 1 is 1.27 bits per heavy atom. The van der Waals surface area contributed by atoms with Crippen molar-refractivity contribution in [1.29, 1.82) is 0 Å². The van der Waals surface area contributed by atoms with Gasteiger partial charge in [0.25, 0.3) is 0 Å². The summed E-state index contributed by atoms with van der Waals surface area (Å²) in [5.74, 6) is 0.927. The van der Waals surface area contributed by atoms with E-state index in [2.05, 4.69) is 32.2 Å². The van der Waals surface area contributed by atoms with E-state index in [4.69, 9.17) is 4.74 Å². The zero-order valence-corrected chi connectivity index (χ0v) is 15.0. The highest BCUT2D eigenvalue weighted by Crippen LogP contribution is 2.35. The van der Waals surface area contributed by atoms with E-state index in [9.17, 15) is 4.79 Å². The zero-order chi connectivity index (χ0) is 17.7. The Morgan fingerprint density at radius 2 is 2.19 bits per heavy atom. The topological polar surface area (TPSA) is 71.5 Å². The van der Waals surface area contributed by atoms with Gasteiger partial charge in [0.05, 0.1) is 35.0 Å². The van der Waals surface area contributed by atoms with Crippen molar-refractivity contribution in [2.45, 2.75) is 25.6 Å². The number of nitrogens with zero attached hydrogens (tertiary/aromatic N) is 5. The Kier molecular flexibility index (Phi) is 3.53. The summed E-state index contributed by atoms with van der Waals surface area (Å²) >= 11 is 1.66. The summed E-state index contributed by atoms with van der Waals surface area (Å²) in [4.78, 5) is 29.5. The minimum atomic E-state index is -0.259. The molecule has 2 atom stereocenters. The van der Waals surface area contributed by atoms with Crippen LogP contribution < -0.4 is 4.90 Å². The van der Waals surface area contributed by atoms with Crippen LogP contribution in [0.15, 0.2) is 36.1 Å². The Morgan fingerprint density at radius 3 is 3.04 bits per heavy atom. The van der Waals surface area contributed by atoms with Gasteiger partial charge in [-0.3, -0.25) is 9.88 Å². The maximum absolute atomic E-state index is 12.3. The largest absolute Gasteiger partial charge is 0.442 e. The first-order valence-corrected chi connectivity index (χ1v) is 9.39. The van der Waals surface area contributed by atoms with Crippen molar-refractivity contribution in [3.63, 3.8) is 0 Å². The molecule has 0 radical (unpaired) electrons. The number of aromatic nitrogens is 3. The molecule has 5 rings (SSSR count). The van der Waals surface area contributed by atoms with Gasteiger partial charge in [-0.2, -0.15) is 0 Å². The summed E-state index contributed by atoms with van der Waals surface area (Å²) in [5.41, 5.74) is 3.03. The average Bonchev–Trinajstić information content (AvgIpc) is 3.31. The number of rotatable bonds is 3. The molecule has 7 nitrogen and oxygen atoms in total. The number of ether oxygens (including phenoxy) is 1. The molecule has 3 aromatic rings. The molecule has 8 heteroatoms. The highest BCUT2D eigenvalue weighted by atomic mass is 32.1. The maximum Gasteiger partial charge on any atom is 0.410 e. The van der Waals surface area contributed by atoms with Gasteiger partial charge in [-0.1, -0.05) is 6.07 Å². The second-order valence-corrected chi connectivity index (χ2v) is 7.52. The lowest BCUT2D eigenvalue weighted by atomic mass is 10.2. The molecule has 26 heavy (non-hydrogen) atoms. The number of carbonyl (C=O) groups excluding carboxylic acids is 1. The van der Waals surface area contributed by atoms with Crippen LogP contribution in [0.2, 0.25) is 0 Å². The van der Waals surface area contributed by atoms with E-state index >= 15 is 0 Å². The minimum absolute atomic E-state index is 0.00980. The SMILES string of the molecule is Cc1csc2c(N3C[C@@H]4OC(=O)N(Cc5ccccn5)[C@@H]4C3)ncnc12. The fraction of sp³-hybridized carbons (Fsp3) is 0.333. The summed E-state index contributed by atoms with van der Waals surface area (Å²) in [6, 6.07) is 5.74. The first-order valence-electron chi connectivity index (χ1n) is 8.51. The van der Waals surface area contributed by atoms with Gasteiger partial charge >= 0.3 is 6.09 Å². The van der Waals surface area contributed by atoms with E-state index < -0.39 is 0 Å². The van der Waals surface area contributed by atoms with Crippen molar-refractivity contribution in [3.05, 3.63) is 47.4 Å². The summed E-state index contributed by atoms with van der Waals surface area (Å²) in [6.07, 6.45) is 2.96. The van der Waals surface area contributed by atoms with Gasteiger partial charge < -0.3 is 9.64 Å². The third kappa shape index (κ3) is 2.40. The lowest BCUT2D eigenvalue weighted by molar-refractivity contribution is 0.135. The molecule has 0 aromatic carbocycles. The number of carbonyl (C=O) groups is 1. The predicted octanol–water partition coefficient (Wildman–Crippen LogP) is 2.60. The number of fused-ring (bicyclic) bond motifs is 2. The highest BCUT2D eigenvalue weighted by Gasteiger charge is 2.48. The van der Waals surface area contributed by atoms with Gasteiger partial charge in [0.1, 0.15) is 18.2 Å². The van der Waals surface area contributed by atoms with Gasteiger partial charge in [0.15, 0.2) is 0 Å². The van der Waals surface area contributed by atoms with Crippen LogP contribution in [0.3, 0.4) is 0 Å². The van der Waals surface area contributed by atoms with Crippen molar-refractivity contribution in [1.82, 2.24) is 19.9 Å². The van der Waals surface area contributed by atoms with Gasteiger partial charge in [-0.25, -0.2) is 14.8 Å². The number of aryl methyl sites for hydroxylation is 1. The van der Waals surface area contributed by atoms with Crippen molar-refractivity contribution in [3.8, 4) is 0 Å². The molecular weight excluding hydrogens is 350 g/mol. The van der Waals surface area contributed by atoms with Crippen LogP contribution in [-0.4, -0.2) is 51.2 Å². The maximum atomic E-state index is 12.3. The highest BCUT2D eigenvalue weighted by molar-refractivity contribution is 7.18. The smallest absolute Gasteiger partial charge is 0.410 e. The fourth-order valence-corrected chi connectivity index (χ4v) is 4.73. The van der Waals surface area contributed by atoms with Crippen molar-refractivity contribution < 1.29 is 9.53 Å². The molecular formula is C18H17N5O2S. The molecule has 132 valence electrons. The molecule has 0 aliphatic carbocycles. The number of pyridine rings is 1. The van der Waals surface area contributed by atoms with Crippen LogP contribution in [0.4, 0.5) is 10.6 Å². The van der Waals surface area contributed by atoms with E-state index in [0.29, 0.717) is 19.6 Å². The first kappa shape index (κ1) is 15.5. The molecule has 2 saturated heterocycles. The molecule has 0 unspecified atom stereocenters. The predicted molar refractivity (Wildman–Crippen MR) is 98.2 cm³/mol. The third-order valence-corrected chi connectivity index (χ3v) is 6.08. The number of amides is 1. The fourth-order valence-electron chi connectivity index (χ4n) is 3.71. The first-order chi connectivity index (χ1) is 12.7. The molecule has 2 aliphatic heterocycles. The average molecular weight is 367 g/mol. The van der Waals surface area contributed by atoms with Gasteiger partial charge in [0.2, 0.25) is 0 Å². The van der Waals surface area contributed by atoms with Crippen molar-refractivity contribution in [2.75, 3.05) is 18.0 Å². The molecule has 5 heterocycles. The summed E-state index contributed by atoms with van der Waals surface area (Å²) in [5, 5.41) is 2.10. The summed E-state index contributed by atoms with van der Waals surface area (Å²) in [7, 11) is 0. The molecule has 0 spiro atoms. The Hall–Kier alpha value is -2.74. The third-order valence-electron chi connectivity index (χ3n) is 4.99. The number of anilines is 1. The molecule has 0 saturated carbocycles. The van der Waals surface area contributed by atoms with Crippen molar-refractivity contribution in [2.24, 2.45) is 0 Å². The molecule has 3 aromatic heterocycles. The van der Waals surface area contributed by atoms with Crippen LogP contribution in [-0.2, 0) is 11.3 Å².